The zero-order chi connectivity index (χ0) is 16.9. The Kier molecular flexibility index (Phi) is 6.45. The summed E-state index contributed by atoms with van der Waals surface area (Å²) >= 11 is 5.99. The van der Waals surface area contributed by atoms with Gasteiger partial charge in [-0.3, -0.25) is 4.79 Å². The first-order valence-corrected chi connectivity index (χ1v) is 8.81. The first-order chi connectivity index (χ1) is 11.0. The average molecular weight is 339 g/mol. The Morgan fingerprint density at radius 2 is 1.96 bits per heavy atom. The summed E-state index contributed by atoms with van der Waals surface area (Å²) in [6.07, 6.45) is 3.16. The number of hydrogen-bond donors (Lipinski definition) is 2. The number of rotatable bonds is 7. The molecule has 0 unspecified atom stereocenters. The number of ether oxygens (including phenoxy) is 1. The van der Waals surface area contributed by atoms with Crippen molar-refractivity contribution in [1.29, 1.82) is 0 Å². The number of carbonyl (C=O) groups excluding carboxylic acids is 1. The minimum absolute atomic E-state index is 0.0177. The van der Waals surface area contributed by atoms with Gasteiger partial charge in [0.2, 0.25) is 5.91 Å². The van der Waals surface area contributed by atoms with E-state index in [9.17, 15) is 4.79 Å². The van der Waals surface area contributed by atoms with Crippen LogP contribution in [0.25, 0.3) is 0 Å². The van der Waals surface area contributed by atoms with Crippen LogP contribution in [-0.4, -0.2) is 31.2 Å². The van der Waals surface area contributed by atoms with Gasteiger partial charge in [0, 0.05) is 23.5 Å². The summed E-state index contributed by atoms with van der Waals surface area (Å²) < 4.78 is 5.67. The monoisotopic (exact) mass is 338 g/mol. The molecule has 1 amide bonds. The van der Waals surface area contributed by atoms with E-state index in [2.05, 4.69) is 31.3 Å². The van der Waals surface area contributed by atoms with Gasteiger partial charge in [0.25, 0.3) is 0 Å². The minimum atomic E-state index is -0.361. The number of nitrogens with two attached hydrogens (primary N) is 1. The summed E-state index contributed by atoms with van der Waals surface area (Å²) in [6, 6.07) is 7.92. The van der Waals surface area contributed by atoms with E-state index in [4.69, 9.17) is 22.1 Å². The van der Waals surface area contributed by atoms with Crippen LogP contribution in [0.3, 0.4) is 0 Å². The molecule has 1 saturated heterocycles. The lowest BCUT2D eigenvalue weighted by Gasteiger charge is -2.33. The molecular formula is C18H27ClN2O2. The van der Waals surface area contributed by atoms with Crippen LogP contribution in [0.4, 0.5) is 0 Å². The lowest BCUT2D eigenvalue weighted by molar-refractivity contribution is -0.132. The van der Waals surface area contributed by atoms with E-state index in [0.717, 1.165) is 30.7 Å². The highest BCUT2D eigenvalue weighted by Crippen LogP contribution is 2.32. The SMILES string of the molecule is CCC(CC)(CNC(=O)[C@@H]1CC[C@H](CN)O1)c1ccc(Cl)cc1. The summed E-state index contributed by atoms with van der Waals surface area (Å²) in [5.41, 5.74) is 6.73. The molecule has 0 aromatic heterocycles. The van der Waals surface area contributed by atoms with Crippen LogP contribution in [0.5, 0.6) is 0 Å². The molecule has 0 radical (unpaired) electrons. The Hall–Kier alpha value is -1.10. The molecule has 0 bridgehead atoms. The molecule has 23 heavy (non-hydrogen) atoms. The number of nitrogens with one attached hydrogen (secondary N) is 1. The molecule has 1 aromatic carbocycles. The number of carbonyl (C=O) groups is 1. The van der Waals surface area contributed by atoms with Crippen molar-refractivity contribution in [3.8, 4) is 0 Å². The van der Waals surface area contributed by atoms with E-state index < -0.39 is 0 Å². The Morgan fingerprint density at radius 1 is 1.30 bits per heavy atom. The van der Waals surface area contributed by atoms with Gasteiger partial charge in [-0.2, -0.15) is 0 Å². The zero-order valence-corrected chi connectivity index (χ0v) is 14.7. The molecule has 2 rings (SSSR count). The van der Waals surface area contributed by atoms with Crippen molar-refractivity contribution >= 4 is 17.5 Å². The van der Waals surface area contributed by atoms with Crippen molar-refractivity contribution in [1.82, 2.24) is 5.32 Å². The van der Waals surface area contributed by atoms with E-state index in [1.165, 1.54) is 5.56 Å². The molecule has 5 heteroatoms. The fraction of sp³-hybridized carbons (Fsp3) is 0.611. The number of hydrogen-bond acceptors (Lipinski definition) is 3. The lowest BCUT2D eigenvalue weighted by Crippen LogP contribution is -2.44. The number of amides is 1. The van der Waals surface area contributed by atoms with Gasteiger partial charge in [0.15, 0.2) is 0 Å². The predicted molar refractivity (Wildman–Crippen MR) is 93.7 cm³/mol. The summed E-state index contributed by atoms with van der Waals surface area (Å²) in [7, 11) is 0. The van der Waals surface area contributed by atoms with E-state index >= 15 is 0 Å². The van der Waals surface area contributed by atoms with Crippen LogP contribution in [0, 0.1) is 0 Å². The summed E-state index contributed by atoms with van der Waals surface area (Å²) in [5, 5.41) is 3.82. The van der Waals surface area contributed by atoms with Gasteiger partial charge in [-0.05, 0) is 43.4 Å². The van der Waals surface area contributed by atoms with Crippen LogP contribution >= 0.6 is 11.6 Å². The maximum Gasteiger partial charge on any atom is 0.249 e. The van der Waals surface area contributed by atoms with Crippen LogP contribution in [0.2, 0.25) is 5.02 Å². The summed E-state index contributed by atoms with van der Waals surface area (Å²) in [6.45, 7) is 5.39. The molecule has 2 atom stereocenters. The molecule has 0 saturated carbocycles. The Balaban J connectivity index is 2.02. The second kappa shape index (κ2) is 8.13. The third-order valence-electron chi connectivity index (χ3n) is 5.07. The van der Waals surface area contributed by atoms with Crippen molar-refractivity contribution in [2.75, 3.05) is 13.1 Å². The van der Waals surface area contributed by atoms with Gasteiger partial charge < -0.3 is 15.8 Å². The molecule has 1 aliphatic rings. The Morgan fingerprint density at radius 3 is 2.48 bits per heavy atom. The molecule has 1 aromatic rings. The van der Waals surface area contributed by atoms with Gasteiger partial charge in [-0.25, -0.2) is 0 Å². The third-order valence-corrected chi connectivity index (χ3v) is 5.33. The average Bonchev–Trinajstić information content (AvgIpc) is 3.06. The van der Waals surface area contributed by atoms with Gasteiger partial charge in [0.1, 0.15) is 6.10 Å². The van der Waals surface area contributed by atoms with Gasteiger partial charge in [-0.15, -0.1) is 0 Å². The Bertz CT molecular complexity index is 514. The maximum atomic E-state index is 12.4. The molecule has 1 aliphatic heterocycles. The first kappa shape index (κ1) is 18.2. The first-order valence-electron chi connectivity index (χ1n) is 8.44. The smallest absolute Gasteiger partial charge is 0.249 e. The van der Waals surface area contributed by atoms with Crippen molar-refractivity contribution in [2.45, 2.75) is 57.2 Å². The second-order valence-corrected chi connectivity index (χ2v) is 6.71. The van der Waals surface area contributed by atoms with Crippen molar-refractivity contribution in [3.05, 3.63) is 34.9 Å². The number of benzene rings is 1. The third kappa shape index (κ3) is 4.25. The molecule has 4 nitrogen and oxygen atoms in total. The van der Waals surface area contributed by atoms with Gasteiger partial charge >= 0.3 is 0 Å². The normalized spacial score (nSPS) is 21.4. The summed E-state index contributed by atoms with van der Waals surface area (Å²) in [5.74, 6) is -0.0267. The molecule has 0 spiro atoms. The second-order valence-electron chi connectivity index (χ2n) is 6.27. The van der Waals surface area contributed by atoms with Crippen molar-refractivity contribution in [2.24, 2.45) is 5.73 Å². The molecule has 3 N–H and O–H groups in total. The van der Waals surface area contributed by atoms with E-state index in [1.54, 1.807) is 0 Å². The van der Waals surface area contributed by atoms with E-state index in [1.807, 2.05) is 12.1 Å². The molecule has 128 valence electrons. The van der Waals surface area contributed by atoms with Gasteiger partial charge in [0.05, 0.1) is 6.10 Å². The topological polar surface area (TPSA) is 64.4 Å². The van der Waals surface area contributed by atoms with Crippen molar-refractivity contribution in [3.63, 3.8) is 0 Å². The standard InChI is InChI=1S/C18H27ClN2O2/c1-3-18(4-2,13-5-7-14(19)8-6-13)12-21-17(22)16-10-9-15(11-20)23-16/h5-8,15-16H,3-4,9-12,20H2,1-2H3,(H,21,22)/t15-,16+/m1/s1. The fourth-order valence-corrected chi connectivity index (χ4v) is 3.38. The van der Waals surface area contributed by atoms with Crippen LogP contribution in [-0.2, 0) is 14.9 Å². The fourth-order valence-electron chi connectivity index (χ4n) is 3.26. The Labute approximate surface area is 143 Å². The highest BCUT2D eigenvalue weighted by Gasteiger charge is 2.33. The molecule has 1 fully saturated rings. The largest absolute Gasteiger partial charge is 0.364 e. The van der Waals surface area contributed by atoms with Crippen LogP contribution in [0.15, 0.2) is 24.3 Å². The van der Waals surface area contributed by atoms with E-state index in [0.29, 0.717) is 13.1 Å². The molecule has 1 heterocycles. The summed E-state index contributed by atoms with van der Waals surface area (Å²) in [4.78, 5) is 12.4. The van der Waals surface area contributed by atoms with Gasteiger partial charge in [-0.1, -0.05) is 37.6 Å². The lowest BCUT2D eigenvalue weighted by atomic mass is 9.75. The van der Waals surface area contributed by atoms with Crippen molar-refractivity contribution < 1.29 is 9.53 Å². The van der Waals surface area contributed by atoms with Crippen LogP contribution < -0.4 is 11.1 Å². The van der Waals surface area contributed by atoms with Crippen LogP contribution in [0.1, 0.15) is 45.1 Å². The quantitative estimate of drug-likeness (QED) is 0.803. The minimum Gasteiger partial charge on any atom is -0.364 e. The highest BCUT2D eigenvalue weighted by atomic mass is 35.5. The zero-order valence-electron chi connectivity index (χ0n) is 14.0. The molecular weight excluding hydrogens is 312 g/mol. The van der Waals surface area contributed by atoms with E-state index in [-0.39, 0.29) is 23.5 Å². The molecule has 0 aliphatic carbocycles. The maximum absolute atomic E-state index is 12.4. The number of halogens is 1. The predicted octanol–water partition coefficient (Wildman–Crippen LogP) is 3.02. The highest BCUT2D eigenvalue weighted by molar-refractivity contribution is 6.30.